The van der Waals surface area contributed by atoms with Crippen molar-refractivity contribution in [3.8, 4) is 11.5 Å². The van der Waals surface area contributed by atoms with Crippen molar-refractivity contribution in [1.29, 1.82) is 0 Å². The average Bonchev–Trinajstić information content (AvgIpc) is 2.87. The molecular formula is C17H22N2O2. The van der Waals surface area contributed by atoms with E-state index in [4.69, 9.17) is 9.15 Å². The van der Waals surface area contributed by atoms with Crippen LogP contribution in [0.25, 0.3) is 11.5 Å². The Balaban J connectivity index is 1.74. The lowest BCUT2D eigenvalue weighted by atomic mass is 10.1. The second kappa shape index (κ2) is 6.00. The third kappa shape index (κ3) is 3.34. The predicted octanol–water partition coefficient (Wildman–Crippen LogP) is 3.18. The molecule has 0 N–H and O–H groups in total. The van der Waals surface area contributed by atoms with Crippen LogP contribution in [0, 0.1) is 13.8 Å². The Morgan fingerprint density at radius 3 is 2.95 bits per heavy atom. The van der Waals surface area contributed by atoms with E-state index in [0.717, 1.165) is 37.5 Å². The average molecular weight is 286 g/mol. The molecule has 1 fully saturated rings. The highest BCUT2D eigenvalue weighted by Gasteiger charge is 2.18. The number of rotatable bonds is 3. The molecule has 3 rings (SSSR count). The van der Waals surface area contributed by atoms with E-state index in [1.54, 1.807) is 6.26 Å². The third-order valence-corrected chi connectivity index (χ3v) is 3.87. The van der Waals surface area contributed by atoms with Crippen molar-refractivity contribution < 1.29 is 9.15 Å². The highest BCUT2D eigenvalue weighted by atomic mass is 16.5. The van der Waals surface area contributed by atoms with E-state index in [9.17, 15) is 0 Å². The van der Waals surface area contributed by atoms with Crippen molar-refractivity contribution in [3.63, 3.8) is 0 Å². The lowest BCUT2D eigenvalue weighted by molar-refractivity contribution is -0.0215. The molecule has 1 unspecified atom stereocenters. The molecule has 1 aromatic heterocycles. The molecule has 1 atom stereocenters. The Labute approximate surface area is 125 Å². The van der Waals surface area contributed by atoms with E-state index in [1.807, 2.05) is 0 Å². The number of hydrogen-bond donors (Lipinski definition) is 0. The summed E-state index contributed by atoms with van der Waals surface area (Å²) < 4.78 is 11.2. The summed E-state index contributed by atoms with van der Waals surface area (Å²) in [6, 6.07) is 6.33. The first-order valence-corrected chi connectivity index (χ1v) is 7.48. The van der Waals surface area contributed by atoms with Crippen molar-refractivity contribution >= 4 is 0 Å². The second-order valence-electron chi connectivity index (χ2n) is 5.88. The number of oxazole rings is 1. The first-order valence-electron chi connectivity index (χ1n) is 7.48. The van der Waals surface area contributed by atoms with Gasteiger partial charge in [0, 0.05) is 25.2 Å². The number of nitrogens with zero attached hydrogens (tertiary/aromatic N) is 2. The number of aryl methyl sites for hydroxylation is 2. The van der Waals surface area contributed by atoms with E-state index in [0.29, 0.717) is 12.0 Å². The molecule has 0 aliphatic carbocycles. The van der Waals surface area contributed by atoms with E-state index in [2.05, 4.69) is 48.9 Å². The molecule has 0 saturated carbocycles. The van der Waals surface area contributed by atoms with Crippen LogP contribution in [-0.4, -0.2) is 35.7 Å². The molecule has 0 amide bonds. The van der Waals surface area contributed by atoms with Crippen LogP contribution in [0.15, 0.2) is 28.9 Å². The number of aromatic nitrogens is 1. The minimum absolute atomic E-state index is 0.296. The zero-order valence-corrected chi connectivity index (χ0v) is 12.9. The summed E-state index contributed by atoms with van der Waals surface area (Å²) in [6.07, 6.45) is 2.07. The molecule has 0 spiro atoms. The maximum atomic E-state index is 5.67. The van der Waals surface area contributed by atoms with Crippen LogP contribution >= 0.6 is 0 Å². The Kier molecular flexibility index (Phi) is 4.08. The summed E-state index contributed by atoms with van der Waals surface area (Å²) in [6.45, 7) is 9.82. The second-order valence-corrected chi connectivity index (χ2v) is 5.88. The number of ether oxygens (including phenoxy) is 1. The molecule has 112 valence electrons. The summed E-state index contributed by atoms with van der Waals surface area (Å²) in [5.41, 5.74) is 4.51. The van der Waals surface area contributed by atoms with Crippen molar-refractivity contribution in [2.75, 3.05) is 19.7 Å². The topological polar surface area (TPSA) is 38.5 Å². The van der Waals surface area contributed by atoms with Crippen molar-refractivity contribution in [1.82, 2.24) is 9.88 Å². The number of benzene rings is 1. The Morgan fingerprint density at radius 2 is 2.19 bits per heavy atom. The van der Waals surface area contributed by atoms with Gasteiger partial charge in [0.15, 0.2) is 0 Å². The molecule has 4 heteroatoms. The molecule has 2 aromatic rings. The van der Waals surface area contributed by atoms with Crippen molar-refractivity contribution in [3.05, 3.63) is 41.3 Å². The molecule has 1 aliphatic heterocycles. The molecule has 2 heterocycles. The summed E-state index contributed by atoms with van der Waals surface area (Å²) in [7, 11) is 0. The fourth-order valence-corrected chi connectivity index (χ4v) is 2.82. The fourth-order valence-electron chi connectivity index (χ4n) is 2.82. The van der Waals surface area contributed by atoms with Gasteiger partial charge in [-0.3, -0.25) is 4.90 Å². The van der Waals surface area contributed by atoms with Crippen LogP contribution < -0.4 is 0 Å². The van der Waals surface area contributed by atoms with Gasteiger partial charge >= 0.3 is 0 Å². The zero-order valence-electron chi connectivity index (χ0n) is 12.9. The Bertz CT molecular complexity index is 621. The van der Waals surface area contributed by atoms with Gasteiger partial charge in [-0.15, -0.1) is 0 Å². The van der Waals surface area contributed by atoms with Gasteiger partial charge < -0.3 is 9.15 Å². The van der Waals surface area contributed by atoms with E-state index in [1.165, 1.54) is 11.1 Å². The van der Waals surface area contributed by atoms with Gasteiger partial charge in [-0.2, -0.15) is 0 Å². The van der Waals surface area contributed by atoms with Gasteiger partial charge in [0.1, 0.15) is 6.26 Å². The van der Waals surface area contributed by atoms with Crippen LogP contribution in [0.5, 0.6) is 0 Å². The van der Waals surface area contributed by atoms with Gasteiger partial charge in [-0.05, 0) is 32.4 Å². The maximum absolute atomic E-state index is 5.67. The Hall–Kier alpha value is -1.65. The summed E-state index contributed by atoms with van der Waals surface area (Å²) in [5.74, 6) is 0.712. The summed E-state index contributed by atoms with van der Waals surface area (Å²) in [5, 5.41) is 0. The standard InChI is InChI=1S/C17H22N2O2/c1-12-4-5-16(13(2)8-12)17-18-15(11-21-17)10-19-6-7-20-14(3)9-19/h4-5,8,11,14H,6-7,9-10H2,1-3H3. The predicted molar refractivity (Wildman–Crippen MR) is 82.1 cm³/mol. The van der Waals surface area contributed by atoms with E-state index < -0.39 is 0 Å². The fraction of sp³-hybridized carbons (Fsp3) is 0.471. The van der Waals surface area contributed by atoms with Gasteiger partial charge in [-0.1, -0.05) is 17.7 Å². The summed E-state index contributed by atoms with van der Waals surface area (Å²) >= 11 is 0. The summed E-state index contributed by atoms with van der Waals surface area (Å²) in [4.78, 5) is 7.00. The molecule has 0 bridgehead atoms. The first-order chi connectivity index (χ1) is 10.1. The zero-order chi connectivity index (χ0) is 14.8. The quantitative estimate of drug-likeness (QED) is 0.868. The van der Waals surface area contributed by atoms with Gasteiger partial charge in [-0.25, -0.2) is 4.98 Å². The normalized spacial score (nSPS) is 19.9. The molecule has 4 nitrogen and oxygen atoms in total. The largest absolute Gasteiger partial charge is 0.444 e. The number of morpholine rings is 1. The molecular weight excluding hydrogens is 264 g/mol. The monoisotopic (exact) mass is 286 g/mol. The maximum Gasteiger partial charge on any atom is 0.226 e. The van der Waals surface area contributed by atoms with Crippen LogP contribution in [0.3, 0.4) is 0 Å². The minimum atomic E-state index is 0.296. The lowest BCUT2D eigenvalue weighted by Crippen LogP contribution is -2.40. The minimum Gasteiger partial charge on any atom is -0.444 e. The van der Waals surface area contributed by atoms with Gasteiger partial charge in [0.25, 0.3) is 0 Å². The highest BCUT2D eigenvalue weighted by molar-refractivity contribution is 5.59. The lowest BCUT2D eigenvalue weighted by Gasteiger charge is -2.30. The van der Waals surface area contributed by atoms with E-state index in [-0.39, 0.29) is 0 Å². The van der Waals surface area contributed by atoms with Crippen molar-refractivity contribution in [2.45, 2.75) is 33.4 Å². The Morgan fingerprint density at radius 1 is 1.33 bits per heavy atom. The molecule has 0 radical (unpaired) electrons. The first kappa shape index (κ1) is 14.3. The van der Waals surface area contributed by atoms with E-state index >= 15 is 0 Å². The molecule has 1 aromatic carbocycles. The number of hydrogen-bond acceptors (Lipinski definition) is 4. The smallest absolute Gasteiger partial charge is 0.226 e. The SMILES string of the molecule is Cc1ccc(-c2nc(CN3CCOC(C)C3)co2)c(C)c1. The van der Waals surface area contributed by atoms with Crippen LogP contribution in [0.4, 0.5) is 0 Å². The van der Waals surface area contributed by atoms with Gasteiger partial charge in [0.2, 0.25) is 5.89 Å². The van der Waals surface area contributed by atoms with Crippen molar-refractivity contribution in [2.24, 2.45) is 0 Å². The van der Waals surface area contributed by atoms with Crippen LogP contribution in [0.2, 0.25) is 0 Å². The molecule has 1 saturated heterocycles. The molecule has 1 aliphatic rings. The molecule has 21 heavy (non-hydrogen) atoms. The third-order valence-electron chi connectivity index (χ3n) is 3.87. The van der Waals surface area contributed by atoms with Crippen LogP contribution in [-0.2, 0) is 11.3 Å². The highest BCUT2D eigenvalue weighted by Crippen LogP contribution is 2.24. The van der Waals surface area contributed by atoms with Crippen LogP contribution in [0.1, 0.15) is 23.7 Å². The van der Waals surface area contributed by atoms with Gasteiger partial charge in [0.05, 0.1) is 18.4 Å².